The fraction of sp³-hybridized carbons (Fsp3) is 0.360. The SMILES string of the molecule is CCNC(=NCC(O)COC(C)c1ccccc1)N(C)Cc1ncc(-c2ccccc2)[nH]1.I. The van der Waals surface area contributed by atoms with Gasteiger partial charge in [-0.15, -0.1) is 24.0 Å². The van der Waals surface area contributed by atoms with Gasteiger partial charge in [-0.05, 0) is 25.0 Å². The summed E-state index contributed by atoms with van der Waals surface area (Å²) in [5.41, 5.74) is 3.17. The summed E-state index contributed by atoms with van der Waals surface area (Å²) < 4.78 is 5.81. The molecule has 3 N–H and O–H groups in total. The zero-order chi connectivity index (χ0) is 22.8. The van der Waals surface area contributed by atoms with Crippen LogP contribution in [0.1, 0.15) is 31.3 Å². The quantitative estimate of drug-likeness (QED) is 0.195. The van der Waals surface area contributed by atoms with Crippen LogP contribution in [0.4, 0.5) is 0 Å². The van der Waals surface area contributed by atoms with Crippen LogP contribution >= 0.6 is 24.0 Å². The number of aliphatic hydroxyl groups is 1. The predicted octanol–water partition coefficient (Wildman–Crippen LogP) is 4.23. The van der Waals surface area contributed by atoms with Gasteiger partial charge in [-0.1, -0.05) is 60.7 Å². The van der Waals surface area contributed by atoms with Crippen LogP contribution in [0.25, 0.3) is 11.3 Å². The van der Waals surface area contributed by atoms with Crippen molar-refractivity contribution in [3.63, 3.8) is 0 Å². The molecule has 2 atom stereocenters. The van der Waals surface area contributed by atoms with E-state index < -0.39 is 6.10 Å². The third kappa shape index (κ3) is 8.45. The Bertz CT molecular complexity index is 965. The maximum atomic E-state index is 10.4. The molecule has 8 heteroatoms. The predicted molar refractivity (Wildman–Crippen MR) is 144 cm³/mol. The number of nitrogens with zero attached hydrogens (tertiary/aromatic N) is 3. The molecule has 0 aliphatic heterocycles. The van der Waals surface area contributed by atoms with Crippen LogP contribution in [0.15, 0.2) is 71.9 Å². The Hall–Kier alpha value is -2.43. The number of aliphatic imine (C=N–C) groups is 1. The number of hydrogen-bond acceptors (Lipinski definition) is 4. The number of hydrogen-bond donors (Lipinski definition) is 3. The monoisotopic (exact) mass is 563 g/mol. The van der Waals surface area contributed by atoms with Gasteiger partial charge in [0, 0.05) is 13.6 Å². The van der Waals surface area contributed by atoms with Crippen molar-refractivity contribution < 1.29 is 9.84 Å². The molecule has 0 saturated heterocycles. The number of imidazole rings is 1. The number of rotatable bonds is 10. The molecule has 0 amide bonds. The fourth-order valence-electron chi connectivity index (χ4n) is 3.30. The molecule has 1 heterocycles. The van der Waals surface area contributed by atoms with Gasteiger partial charge in [0.15, 0.2) is 5.96 Å². The van der Waals surface area contributed by atoms with Gasteiger partial charge in [0.25, 0.3) is 0 Å². The molecule has 178 valence electrons. The van der Waals surface area contributed by atoms with Gasteiger partial charge in [-0.3, -0.25) is 4.99 Å². The zero-order valence-electron chi connectivity index (χ0n) is 19.4. The summed E-state index contributed by atoms with van der Waals surface area (Å²) in [4.78, 5) is 14.4. The Morgan fingerprint density at radius 1 is 1.15 bits per heavy atom. The molecule has 33 heavy (non-hydrogen) atoms. The average molecular weight is 563 g/mol. The van der Waals surface area contributed by atoms with Crippen LogP contribution in [-0.4, -0.2) is 58.8 Å². The Labute approximate surface area is 213 Å². The second-order valence-corrected chi connectivity index (χ2v) is 7.70. The van der Waals surface area contributed by atoms with E-state index in [2.05, 4.69) is 32.4 Å². The molecule has 1 aromatic heterocycles. The molecule has 2 unspecified atom stereocenters. The Balaban J connectivity index is 0.00000385. The van der Waals surface area contributed by atoms with E-state index in [1.807, 2.05) is 80.5 Å². The van der Waals surface area contributed by atoms with Crippen molar-refractivity contribution in [3.8, 4) is 11.3 Å². The minimum Gasteiger partial charge on any atom is -0.389 e. The van der Waals surface area contributed by atoms with Gasteiger partial charge in [0.1, 0.15) is 5.82 Å². The number of guanidine groups is 1. The van der Waals surface area contributed by atoms with Crippen LogP contribution < -0.4 is 5.32 Å². The summed E-state index contributed by atoms with van der Waals surface area (Å²) in [6, 6.07) is 20.1. The van der Waals surface area contributed by atoms with Crippen LogP contribution in [0, 0.1) is 0 Å². The van der Waals surface area contributed by atoms with Crippen molar-refractivity contribution in [3.05, 3.63) is 78.2 Å². The topological polar surface area (TPSA) is 85.8 Å². The van der Waals surface area contributed by atoms with Crippen molar-refractivity contribution in [2.45, 2.75) is 32.6 Å². The van der Waals surface area contributed by atoms with E-state index in [1.165, 1.54) is 0 Å². The number of halogens is 1. The van der Waals surface area contributed by atoms with Crippen molar-refractivity contribution in [1.29, 1.82) is 0 Å². The van der Waals surface area contributed by atoms with Crippen LogP contribution in [-0.2, 0) is 11.3 Å². The lowest BCUT2D eigenvalue weighted by Crippen LogP contribution is -2.39. The van der Waals surface area contributed by atoms with E-state index in [1.54, 1.807) is 0 Å². The standard InChI is InChI=1S/C25H33N5O2.HI/c1-4-26-25(28-15-22(31)18-32-19(2)20-11-7-5-8-12-20)30(3)17-24-27-16-23(29-24)21-13-9-6-10-14-21;/h5-14,16,19,22,31H,4,15,17-18H2,1-3H3,(H,26,28)(H,27,29);1H. The maximum Gasteiger partial charge on any atom is 0.194 e. The third-order valence-corrected chi connectivity index (χ3v) is 5.06. The number of aromatic nitrogens is 2. The molecule has 7 nitrogen and oxygen atoms in total. The van der Waals surface area contributed by atoms with E-state index in [4.69, 9.17) is 4.74 Å². The van der Waals surface area contributed by atoms with Gasteiger partial charge in [0.2, 0.25) is 0 Å². The summed E-state index contributed by atoms with van der Waals surface area (Å²) >= 11 is 0. The third-order valence-electron chi connectivity index (χ3n) is 5.06. The van der Waals surface area contributed by atoms with Gasteiger partial charge in [-0.25, -0.2) is 4.98 Å². The number of H-pyrrole nitrogens is 1. The Morgan fingerprint density at radius 3 is 2.48 bits per heavy atom. The molecule has 0 radical (unpaired) electrons. The lowest BCUT2D eigenvalue weighted by atomic mass is 10.1. The lowest BCUT2D eigenvalue weighted by molar-refractivity contribution is 0.00106. The smallest absolute Gasteiger partial charge is 0.194 e. The van der Waals surface area contributed by atoms with Crippen LogP contribution in [0.2, 0.25) is 0 Å². The fourth-order valence-corrected chi connectivity index (χ4v) is 3.30. The highest BCUT2D eigenvalue weighted by molar-refractivity contribution is 14.0. The maximum absolute atomic E-state index is 10.4. The molecule has 3 aromatic rings. The number of nitrogens with one attached hydrogen (secondary N) is 2. The van der Waals surface area contributed by atoms with Crippen molar-refractivity contribution in [2.24, 2.45) is 4.99 Å². The Morgan fingerprint density at radius 2 is 1.82 bits per heavy atom. The lowest BCUT2D eigenvalue weighted by Gasteiger charge is -2.22. The van der Waals surface area contributed by atoms with Crippen LogP contribution in [0.5, 0.6) is 0 Å². The summed E-state index contributed by atoms with van der Waals surface area (Å²) in [6.45, 7) is 5.77. The first-order valence-electron chi connectivity index (χ1n) is 11.0. The van der Waals surface area contributed by atoms with Gasteiger partial charge >= 0.3 is 0 Å². The van der Waals surface area contributed by atoms with Crippen molar-refractivity contribution in [1.82, 2.24) is 20.2 Å². The summed E-state index contributed by atoms with van der Waals surface area (Å²) in [6.07, 6.45) is 1.08. The largest absolute Gasteiger partial charge is 0.389 e. The first kappa shape index (κ1) is 26.8. The average Bonchev–Trinajstić information content (AvgIpc) is 3.29. The minimum absolute atomic E-state index is 0. The number of benzene rings is 2. The molecule has 0 saturated carbocycles. The highest BCUT2D eigenvalue weighted by Gasteiger charge is 2.13. The molecular weight excluding hydrogens is 529 g/mol. The van der Waals surface area contributed by atoms with E-state index >= 15 is 0 Å². The van der Waals surface area contributed by atoms with E-state index in [9.17, 15) is 5.11 Å². The number of ether oxygens (including phenoxy) is 1. The first-order chi connectivity index (χ1) is 15.6. The molecular formula is C25H34IN5O2. The molecule has 0 spiro atoms. The van der Waals surface area contributed by atoms with E-state index in [0.717, 1.165) is 29.2 Å². The normalized spacial score (nSPS) is 13.2. The summed E-state index contributed by atoms with van der Waals surface area (Å²) in [5, 5.41) is 13.6. The second-order valence-electron chi connectivity index (χ2n) is 7.70. The molecule has 0 aliphatic rings. The van der Waals surface area contributed by atoms with Gasteiger partial charge in [0.05, 0.1) is 43.8 Å². The zero-order valence-corrected chi connectivity index (χ0v) is 21.8. The number of aromatic amines is 1. The second kappa shape index (κ2) is 14.0. The van der Waals surface area contributed by atoms with Crippen molar-refractivity contribution >= 4 is 29.9 Å². The summed E-state index contributed by atoms with van der Waals surface area (Å²) in [5.74, 6) is 1.55. The first-order valence-corrected chi connectivity index (χ1v) is 11.0. The molecule has 0 bridgehead atoms. The van der Waals surface area contributed by atoms with Crippen molar-refractivity contribution in [2.75, 3.05) is 26.7 Å². The summed E-state index contributed by atoms with van der Waals surface area (Å²) in [7, 11) is 1.95. The highest BCUT2D eigenvalue weighted by Crippen LogP contribution is 2.17. The number of aliphatic hydroxyl groups excluding tert-OH is 1. The van der Waals surface area contributed by atoms with E-state index in [0.29, 0.717) is 12.5 Å². The highest BCUT2D eigenvalue weighted by atomic mass is 127. The van der Waals surface area contributed by atoms with Gasteiger partial charge < -0.3 is 25.0 Å². The van der Waals surface area contributed by atoms with E-state index in [-0.39, 0.29) is 43.2 Å². The molecule has 3 rings (SSSR count). The Kier molecular flexibility index (Phi) is 11.4. The molecule has 2 aromatic carbocycles. The molecule has 0 aliphatic carbocycles. The molecule has 0 fully saturated rings. The van der Waals surface area contributed by atoms with Gasteiger partial charge in [-0.2, -0.15) is 0 Å². The van der Waals surface area contributed by atoms with Crippen LogP contribution in [0.3, 0.4) is 0 Å². The minimum atomic E-state index is -0.684.